The zero-order chi connectivity index (χ0) is 15.8. The van der Waals surface area contributed by atoms with Crippen molar-refractivity contribution in [1.29, 1.82) is 0 Å². The van der Waals surface area contributed by atoms with Gasteiger partial charge in [-0.1, -0.05) is 13.8 Å². The Balaban J connectivity index is 2.48. The van der Waals surface area contributed by atoms with E-state index in [1.54, 1.807) is 24.3 Å². The number of rotatable bonds is 8. The molecule has 0 spiro atoms. The van der Waals surface area contributed by atoms with Crippen molar-refractivity contribution in [1.82, 2.24) is 5.32 Å². The second-order valence-corrected chi connectivity index (χ2v) is 5.06. The van der Waals surface area contributed by atoms with E-state index in [4.69, 9.17) is 9.84 Å². The lowest BCUT2D eigenvalue weighted by molar-refractivity contribution is -0.142. The number of ether oxygens (including phenoxy) is 1. The molecule has 0 aromatic heterocycles. The van der Waals surface area contributed by atoms with Gasteiger partial charge in [0.1, 0.15) is 18.1 Å². The van der Waals surface area contributed by atoms with E-state index in [9.17, 15) is 14.4 Å². The number of hydrogen-bond donors (Lipinski definition) is 2. The SMILES string of the molecule is CC(C)CC(NC(=O)COc1ccc(C=O)cc1)C(=O)O. The van der Waals surface area contributed by atoms with Gasteiger partial charge in [-0.05, 0) is 36.6 Å². The van der Waals surface area contributed by atoms with Crippen LogP contribution in [-0.4, -0.2) is 35.9 Å². The van der Waals surface area contributed by atoms with Crippen molar-refractivity contribution in [3.8, 4) is 5.75 Å². The molecule has 0 aliphatic heterocycles. The van der Waals surface area contributed by atoms with Crippen molar-refractivity contribution in [2.24, 2.45) is 5.92 Å². The first-order valence-electron chi connectivity index (χ1n) is 6.62. The van der Waals surface area contributed by atoms with Gasteiger partial charge in [-0.15, -0.1) is 0 Å². The predicted molar refractivity (Wildman–Crippen MR) is 76.3 cm³/mol. The summed E-state index contributed by atoms with van der Waals surface area (Å²) >= 11 is 0. The molecule has 0 aliphatic rings. The molecular formula is C15H19NO5. The molecular weight excluding hydrogens is 274 g/mol. The van der Waals surface area contributed by atoms with Crippen LogP contribution in [0, 0.1) is 5.92 Å². The van der Waals surface area contributed by atoms with Crippen molar-refractivity contribution in [3.63, 3.8) is 0 Å². The first kappa shape index (κ1) is 16.7. The molecule has 1 aromatic rings. The topological polar surface area (TPSA) is 92.7 Å². The van der Waals surface area contributed by atoms with Crippen LogP contribution in [0.15, 0.2) is 24.3 Å². The number of carbonyl (C=O) groups excluding carboxylic acids is 2. The minimum atomic E-state index is -1.06. The van der Waals surface area contributed by atoms with Crippen molar-refractivity contribution in [3.05, 3.63) is 29.8 Å². The number of carboxylic acids is 1. The second kappa shape index (κ2) is 8.04. The van der Waals surface area contributed by atoms with Gasteiger partial charge in [-0.3, -0.25) is 9.59 Å². The molecule has 114 valence electrons. The molecule has 0 saturated carbocycles. The first-order chi connectivity index (χ1) is 9.92. The third-order valence-corrected chi connectivity index (χ3v) is 2.73. The highest BCUT2D eigenvalue weighted by Gasteiger charge is 2.21. The first-order valence-corrected chi connectivity index (χ1v) is 6.62. The van der Waals surface area contributed by atoms with Gasteiger partial charge in [0, 0.05) is 5.56 Å². The molecule has 6 nitrogen and oxygen atoms in total. The number of benzene rings is 1. The molecule has 1 atom stereocenters. The lowest BCUT2D eigenvalue weighted by atomic mass is 10.0. The Bertz CT molecular complexity index is 495. The Morgan fingerprint density at radius 2 is 1.90 bits per heavy atom. The maximum atomic E-state index is 11.7. The van der Waals surface area contributed by atoms with E-state index in [-0.39, 0.29) is 12.5 Å². The lowest BCUT2D eigenvalue weighted by Gasteiger charge is -2.16. The van der Waals surface area contributed by atoms with Crippen molar-refractivity contribution >= 4 is 18.2 Å². The number of aliphatic carboxylic acids is 1. The number of carbonyl (C=O) groups is 3. The summed E-state index contributed by atoms with van der Waals surface area (Å²) in [6, 6.07) is 5.36. The highest BCUT2D eigenvalue weighted by molar-refractivity contribution is 5.84. The fraction of sp³-hybridized carbons (Fsp3) is 0.400. The van der Waals surface area contributed by atoms with Crippen LogP contribution in [0.5, 0.6) is 5.75 Å². The normalized spacial score (nSPS) is 11.8. The quantitative estimate of drug-likeness (QED) is 0.708. The van der Waals surface area contributed by atoms with Crippen LogP contribution in [0.1, 0.15) is 30.6 Å². The number of hydrogen-bond acceptors (Lipinski definition) is 4. The average molecular weight is 293 g/mol. The molecule has 6 heteroatoms. The Hall–Kier alpha value is -2.37. The summed E-state index contributed by atoms with van der Waals surface area (Å²) in [6.07, 6.45) is 1.06. The van der Waals surface area contributed by atoms with E-state index < -0.39 is 17.9 Å². The zero-order valence-corrected chi connectivity index (χ0v) is 12.0. The molecule has 1 amide bonds. The minimum Gasteiger partial charge on any atom is -0.484 e. The molecule has 0 fully saturated rings. The largest absolute Gasteiger partial charge is 0.484 e. The molecule has 21 heavy (non-hydrogen) atoms. The summed E-state index contributed by atoms with van der Waals surface area (Å²) in [5.41, 5.74) is 0.509. The number of aldehydes is 1. The molecule has 0 radical (unpaired) electrons. The van der Waals surface area contributed by atoms with Gasteiger partial charge < -0.3 is 15.2 Å². The van der Waals surface area contributed by atoms with Gasteiger partial charge in [-0.25, -0.2) is 4.79 Å². The number of amides is 1. The number of carboxylic acid groups (broad SMARTS) is 1. The zero-order valence-electron chi connectivity index (χ0n) is 12.0. The standard InChI is InChI=1S/C15H19NO5/c1-10(2)7-13(15(19)20)16-14(18)9-21-12-5-3-11(8-17)4-6-12/h3-6,8,10,13H,7,9H2,1-2H3,(H,16,18)(H,19,20). The van der Waals surface area contributed by atoms with Crippen LogP contribution in [0.25, 0.3) is 0 Å². The van der Waals surface area contributed by atoms with Crippen LogP contribution in [0.2, 0.25) is 0 Å². The predicted octanol–water partition coefficient (Wildman–Crippen LogP) is 1.49. The smallest absolute Gasteiger partial charge is 0.326 e. The molecule has 0 aliphatic carbocycles. The van der Waals surface area contributed by atoms with Crippen LogP contribution >= 0.6 is 0 Å². The van der Waals surface area contributed by atoms with Crippen molar-refractivity contribution < 1.29 is 24.2 Å². The summed E-state index contributed by atoms with van der Waals surface area (Å²) in [7, 11) is 0. The molecule has 0 heterocycles. The summed E-state index contributed by atoms with van der Waals surface area (Å²) in [4.78, 5) is 33.2. The van der Waals surface area contributed by atoms with E-state index in [0.717, 1.165) is 0 Å². The maximum Gasteiger partial charge on any atom is 0.326 e. The van der Waals surface area contributed by atoms with Gasteiger partial charge in [0.25, 0.3) is 5.91 Å². The van der Waals surface area contributed by atoms with E-state index in [1.165, 1.54) is 0 Å². The van der Waals surface area contributed by atoms with Gasteiger partial charge >= 0.3 is 5.97 Å². The molecule has 0 saturated heterocycles. The van der Waals surface area contributed by atoms with Gasteiger partial charge in [0.2, 0.25) is 0 Å². The molecule has 1 aromatic carbocycles. The molecule has 1 rings (SSSR count). The van der Waals surface area contributed by atoms with Crippen LogP contribution in [0.4, 0.5) is 0 Å². The molecule has 2 N–H and O–H groups in total. The van der Waals surface area contributed by atoms with Crippen LogP contribution in [0.3, 0.4) is 0 Å². The minimum absolute atomic E-state index is 0.156. The highest BCUT2D eigenvalue weighted by Crippen LogP contribution is 2.11. The summed E-state index contributed by atoms with van der Waals surface area (Å²) in [5, 5.41) is 11.4. The monoisotopic (exact) mass is 293 g/mol. The molecule has 1 unspecified atom stereocenters. The fourth-order valence-corrected chi connectivity index (χ4v) is 1.72. The molecule has 0 bridgehead atoms. The lowest BCUT2D eigenvalue weighted by Crippen LogP contribution is -2.43. The van der Waals surface area contributed by atoms with Crippen molar-refractivity contribution in [2.45, 2.75) is 26.3 Å². The van der Waals surface area contributed by atoms with E-state index in [0.29, 0.717) is 24.0 Å². The van der Waals surface area contributed by atoms with E-state index in [2.05, 4.69) is 5.32 Å². The highest BCUT2D eigenvalue weighted by atomic mass is 16.5. The van der Waals surface area contributed by atoms with Crippen LogP contribution < -0.4 is 10.1 Å². The Kier molecular flexibility index (Phi) is 6.39. The Morgan fingerprint density at radius 3 is 2.38 bits per heavy atom. The summed E-state index contributed by atoms with van der Waals surface area (Å²) < 4.78 is 5.23. The van der Waals surface area contributed by atoms with Gasteiger partial charge in [0.15, 0.2) is 6.61 Å². The summed E-state index contributed by atoms with van der Waals surface area (Å²) in [5.74, 6) is -0.968. The van der Waals surface area contributed by atoms with Gasteiger partial charge in [-0.2, -0.15) is 0 Å². The number of nitrogens with one attached hydrogen (secondary N) is 1. The third kappa shape index (κ3) is 6.07. The van der Waals surface area contributed by atoms with E-state index >= 15 is 0 Å². The van der Waals surface area contributed by atoms with E-state index in [1.807, 2.05) is 13.8 Å². The Labute approximate surface area is 123 Å². The fourth-order valence-electron chi connectivity index (χ4n) is 1.72. The third-order valence-electron chi connectivity index (χ3n) is 2.73. The van der Waals surface area contributed by atoms with Crippen molar-refractivity contribution in [2.75, 3.05) is 6.61 Å². The second-order valence-electron chi connectivity index (χ2n) is 5.06. The van der Waals surface area contributed by atoms with Crippen LogP contribution in [-0.2, 0) is 9.59 Å². The Morgan fingerprint density at radius 1 is 1.29 bits per heavy atom. The summed E-state index contributed by atoms with van der Waals surface area (Å²) in [6.45, 7) is 3.49. The van der Waals surface area contributed by atoms with Gasteiger partial charge in [0.05, 0.1) is 0 Å². The average Bonchev–Trinajstić information content (AvgIpc) is 2.44. The maximum absolute atomic E-state index is 11.7.